The average molecular weight is 327 g/mol. The van der Waals surface area contributed by atoms with Crippen LogP contribution in [0.25, 0.3) is 0 Å². The summed E-state index contributed by atoms with van der Waals surface area (Å²) in [4.78, 5) is 11.9. The molecule has 4 nitrogen and oxygen atoms in total. The van der Waals surface area contributed by atoms with Gasteiger partial charge in [0.15, 0.2) is 0 Å². The van der Waals surface area contributed by atoms with Crippen LogP contribution in [0, 0.1) is 13.8 Å². The SMILES string of the molecule is Cc1cc(C)cc(OCCC(=O)NC2CCNC(C)C2)c1.Cl. The van der Waals surface area contributed by atoms with Crippen LogP contribution >= 0.6 is 12.4 Å². The number of aryl methyl sites for hydroxylation is 2. The molecule has 0 bridgehead atoms. The van der Waals surface area contributed by atoms with Gasteiger partial charge < -0.3 is 15.4 Å². The normalized spacial score (nSPS) is 20.9. The Morgan fingerprint density at radius 1 is 1.32 bits per heavy atom. The quantitative estimate of drug-likeness (QED) is 0.874. The van der Waals surface area contributed by atoms with E-state index < -0.39 is 0 Å². The second-order valence-corrected chi connectivity index (χ2v) is 6.07. The Labute approximate surface area is 139 Å². The van der Waals surface area contributed by atoms with Crippen molar-refractivity contribution in [3.63, 3.8) is 0 Å². The van der Waals surface area contributed by atoms with E-state index in [9.17, 15) is 4.79 Å². The van der Waals surface area contributed by atoms with Crippen LogP contribution in [0.15, 0.2) is 18.2 Å². The summed E-state index contributed by atoms with van der Waals surface area (Å²) < 4.78 is 5.68. The van der Waals surface area contributed by atoms with Gasteiger partial charge >= 0.3 is 0 Å². The number of hydrogen-bond donors (Lipinski definition) is 2. The van der Waals surface area contributed by atoms with Crippen molar-refractivity contribution in [1.29, 1.82) is 0 Å². The molecule has 2 unspecified atom stereocenters. The first-order valence-electron chi connectivity index (χ1n) is 7.77. The molecule has 1 aromatic carbocycles. The maximum atomic E-state index is 11.9. The second kappa shape index (κ2) is 9.01. The molecule has 1 aliphatic rings. The molecule has 22 heavy (non-hydrogen) atoms. The van der Waals surface area contributed by atoms with Gasteiger partial charge in [-0.2, -0.15) is 0 Å². The van der Waals surface area contributed by atoms with Crippen molar-refractivity contribution >= 4 is 18.3 Å². The van der Waals surface area contributed by atoms with Crippen LogP contribution in [0.3, 0.4) is 0 Å². The number of halogens is 1. The van der Waals surface area contributed by atoms with Crippen molar-refractivity contribution in [2.45, 2.75) is 52.1 Å². The fraction of sp³-hybridized carbons (Fsp3) is 0.588. The van der Waals surface area contributed by atoms with Crippen molar-refractivity contribution in [2.75, 3.05) is 13.2 Å². The van der Waals surface area contributed by atoms with E-state index in [1.54, 1.807) is 0 Å². The first-order valence-corrected chi connectivity index (χ1v) is 7.77. The van der Waals surface area contributed by atoms with Crippen LogP contribution in [0.2, 0.25) is 0 Å². The van der Waals surface area contributed by atoms with E-state index in [1.165, 1.54) is 11.1 Å². The Morgan fingerprint density at radius 2 is 2.00 bits per heavy atom. The summed E-state index contributed by atoms with van der Waals surface area (Å²) in [6.07, 6.45) is 2.42. The van der Waals surface area contributed by atoms with Gasteiger partial charge in [-0.25, -0.2) is 0 Å². The minimum absolute atomic E-state index is 0. The van der Waals surface area contributed by atoms with Crippen LogP contribution in [-0.2, 0) is 4.79 Å². The van der Waals surface area contributed by atoms with Crippen LogP contribution in [0.1, 0.15) is 37.3 Å². The van der Waals surface area contributed by atoms with E-state index in [-0.39, 0.29) is 18.3 Å². The van der Waals surface area contributed by atoms with Gasteiger partial charge in [-0.15, -0.1) is 12.4 Å². The average Bonchev–Trinajstić information content (AvgIpc) is 2.37. The lowest BCUT2D eigenvalue weighted by molar-refractivity contribution is -0.122. The van der Waals surface area contributed by atoms with Crippen LogP contribution < -0.4 is 15.4 Å². The molecule has 1 heterocycles. The Hall–Kier alpha value is -1.26. The summed E-state index contributed by atoms with van der Waals surface area (Å²) in [5, 5.41) is 6.48. The number of rotatable bonds is 5. The number of nitrogens with one attached hydrogen (secondary N) is 2. The van der Waals surface area contributed by atoms with Crippen molar-refractivity contribution < 1.29 is 9.53 Å². The highest BCUT2D eigenvalue weighted by molar-refractivity contribution is 5.85. The number of amides is 1. The third-order valence-electron chi connectivity index (χ3n) is 3.78. The molecule has 0 radical (unpaired) electrons. The summed E-state index contributed by atoms with van der Waals surface area (Å²) in [5.74, 6) is 0.925. The third kappa shape index (κ3) is 6.24. The molecule has 1 saturated heterocycles. The Kier molecular flexibility index (Phi) is 7.69. The molecule has 1 fully saturated rings. The van der Waals surface area contributed by atoms with Gasteiger partial charge in [0.1, 0.15) is 5.75 Å². The Balaban J connectivity index is 0.00000242. The predicted octanol–water partition coefficient (Wildman–Crippen LogP) is 2.75. The molecular formula is C17H27ClN2O2. The van der Waals surface area contributed by atoms with Crippen LogP contribution in [0.5, 0.6) is 5.75 Å². The lowest BCUT2D eigenvalue weighted by Gasteiger charge is -2.28. The number of benzene rings is 1. The largest absolute Gasteiger partial charge is 0.493 e. The standard InChI is InChI=1S/C17H26N2O2.ClH/c1-12-8-13(2)10-16(9-12)21-7-5-17(20)19-15-4-6-18-14(3)11-15;/h8-10,14-15,18H,4-7,11H2,1-3H3,(H,19,20);1H. The lowest BCUT2D eigenvalue weighted by Crippen LogP contribution is -2.46. The molecule has 1 amide bonds. The molecule has 0 spiro atoms. The highest BCUT2D eigenvalue weighted by Crippen LogP contribution is 2.16. The maximum Gasteiger partial charge on any atom is 0.223 e. The highest BCUT2D eigenvalue weighted by Gasteiger charge is 2.19. The number of carbonyl (C=O) groups excluding carboxylic acids is 1. The van der Waals surface area contributed by atoms with E-state index in [4.69, 9.17) is 4.74 Å². The van der Waals surface area contributed by atoms with Crippen molar-refractivity contribution in [2.24, 2.45) is 0 Å². The molecule has 1 aromatic rings. The minimum Gasteiger partial charge on any atom is -0.493 e. The maximum absolute atomic E-state index is 11.9. The van der Waals surface area contributed by atoms with Gasteiger partial charge in [0, 0.05) is 12.1 Å². The number of hydrogen-bond acceptors (Lipinski definition) is 3. The zero-order chi connectivity index (χ0) is 15.2. The van der Waals surface area contributed by atoms with Gasteiger partial charge in [-0.3, -0.25) is 4.79 Å². The summed E-state index contributed by atoms with van der Waals surface area (Å²) in [7, 11) is 0. The molecule has 0 saturated carbocycles. The molecule has 0 aliphatic carbocycles. The van der Waals surface area contributed by atoms with E-state index in [0.29, 0.717) is 25.1 Å². The van der Waals surface area contributed by atoms with Gasteiger partial charge in [-0.05, 0) is 63.4 Å². The lowest BCUT2D eigenvalue weighted by atomic mass is 10.0. The Bertz CT molecular complexity index is 473. The molecule has 2 rings (SSSR count). The smallest absolute Gasteiger partial charge is 0.223 e. The van der Waals surface area contributed by atoms with Gasteiger partial charge in [-0.1, -0.05) is 6.07 Å². The number of carbonyl (C=O) groups is 1. The fourth-order valence-corrected chi connectivity index (χ4v) is 2.84. The van der Waals surface area contributed by atoms with E-state index in [0.717, 1.165) is 25.1 Å². The van der Waals surface area contributed by atoms with Crippen molar-refractivity contribution in [3.05, 3.63) is 29.3 Å². The molecule has 124 valence electrons. The Morgan fingerprint density at radius 3 is 2.64 bits per heavy atom. The molecule has 2 N–H and O–H groups in total. The molecule has 2 atom stereocenters. The van der Waals surface area contributed by atoms with E-state index in [1.807, 2.05) is 26.0 Å². The molecule has 5 heteroatoms. The first kappa shape index (κ1) is 18.8. The van der Waals surface area contributed by atoms with Crippen molar-refractivity contribution in [3.8, 4) is 5.75 Å². The third-order valence-corrected chi connectivity index (χ3v) is 3.78. The second-order valence-electron chi connectivity index (χ2n) is 6.07. The van der Waals surface area contributed by atoms with Crippen LogP contribution in [-0.4, -0.2) is 31.1 Å². The van der Waals surface area contributed by atoms with Gasteiger partial charge in [0.2, 0.25) is 5.91 Å². The number of piperidine rings is 1. The van der Waals surface area contributed by atoms with E-state index in [2.05, 4.69) is 23.6 Å². The molecule has 1 aliphatic heterocycles. The van der Waals surface area contributed by atoms with Gasteiger partial charge in [0.05, 0.1) is 13.0 Å². The summed E-state index contributed by atoms with van der Waals surface area (Å²) in [5.41, 5.74) is 2.36. The molecular weight excluding hydrogens is 300 g/mol. The summed E-state index contributed by atoms with van der Waals surface area (Å²) in [6.45, 7) is 7.65. The highest BCUT2D eigenvalue weighted by atomic mass is 35.5. The number of ether oxygens (including phenoxy) is 1. The monoisotopic (exact) mass is 326 g/mol. The van der Waals surface area contributed by atoms with Crippen molar-refractivity contribution in [1.82, 2.24) is 10.6 Å². The first-order chi connectivity index (χ1) is 10.0. The predicted molar refractivity (Wildman–Crippen MR) is 91.9 cm³/mol. The zero-order valence-corrected chi connectivity index (χ0v) is 14.5. The zero-order valence-electron chi connectivity index (χ0n) is 13.6. The topological polar surface area (TPSA) is 50.4 Å². The molecule has 0 aromatic heterocycles. The van der Waals surface area contributed by atoms with Gasteiger partial charge in [0.25, 0.3) is 0 Å². The van der Waals surface area contributed by atoms with E-state index >= 15 is 0 Å². The summed E-state index contributed by atoms with van der Waals surface area (Å²) in [6, 6.07) is 6.89. The van der Waals surface area contributed by atoms with Crippen LogP contribution in [0.4, 0.5) is 0 Å². The summed E-state index contributed by atoms with van der Waals surface area (Å²) >= 11 is 0. The minimum atomic E-state index is 0. The fourth-order valence-electron chi connectivity index (χ4n) is 2.84.